The second kappa shape index (κ2) is 6.88. The Bertz CT molecular complexity index is 500. The van der Waals surface area contributed by atoms with Crippen molar-refractivity contribution in [3.05, 3.63) is 23.4 Å². The molecule has 0 unspecified atom stereocenters. The summed E-state index contributed by atoms with van der Waals surface area (Å²) in [4.78, 5) is 28.8. The number of ether oxygens (including phenoxy) is 1. The van der Waals surface area contributed by atoms with Gasteiger partial charge in [0.2, 0.25) is 5.88 Å². The van der Waals surface area contributed by atoms with Gasteiger partial charge in [-0.3, -0.25) is 9.59 Å². The number of hydrogen-bond acceptors (Lipinski definition) is 4. The van der Waals surface area contributed by atoms with Crippen LogP contribution in [0.25, 0.3) is 0 Å². The summed E-state index contributed by atoms with van der Waals surface area (Å²) in [7, 11) is 1.45. The Morgan fingerprint density at radius 3 is 2.55 bits per heavy atom. The Morgan fingerprint density at radius 1 is 1.40 bits per heavy atom. The van der Waals surface area contributed by atoms with Crippen molar-refractivity contribution < 1.29 is 19.4 Å². The molecule has 0 saturated carbocycles. The number of pyridine rings is 1. The van der Waals surface area contributed by atoms with Crippen molar-refractivity contribution in [1.29, 1.82) is 0 Å². The molecule has 0 saturated heterocycles. The summed E-state index contributed by atoms with van der Waals surface area (Å²) in [6.07, 6.45) is -0.0917. The van der Waals surface area contributed by atoms with Crippen LogP contribution in [0.2, 0.25) is 0 Å². The number of carbonyl (C=O) groups excluding carboxylic acids is 1. The van der Waals surface area contributed by atoms with E-state index in [-0.39, 0.29) is 30.8 Å². The summed E-state index contributed by atoms with van der Waals surface area (Å²) < 4.78 is 5.13. The van der Waals surface area contributed by atoms with Gasteiger partial charge in [-0.25, -0.2) is 4.98 Å². The molecule has 0 spiro atoms. The third-order valence-electron chi connectivity index (χ3n) is 2.87. The number of rotatable bonds is 6. The zero-order chi connectivity index (χ0) is 15.3. The SMILES string of the molecule is COc1nc(C)ccc1C(=O)N(CCC(=O)O)C(C)C. The van der Waals surface area contributed by atoms with E-state index >= 15 is 0 Å². The molecule has 0 aromatic carbocycles. The van der Waals surface area contributed by atoms with Crippen LogP contribution in [-0.2, 0) is 4.79 Å². The smallest absolute Gasteiger partial charge is 0.305 e. The summed E-state index contributed by atoms with van der Waals surface area (Å²) in [6.45, 7) is 5.64. The van der Waals surface area contributed by atoms with Gasteiger partial charge in [-0.05, 0) is 32.9 Å². The second-order valence-corrected chi connectivity index (χ2v) is 4.75. The van der Waals surface area contributed by atoms with Crippen molar-refractivity contribution in [3.63, 3.8) is 0 Å². The molecular formula is C14H20N2O4. The molecule has 1 amide bonds. The molecule has 0 aliphatic rings. The zero-order valence-corrected chi connectivity index (χ0v) is 12.2. The Balaban J connectivity index is 3.03. The molecule has 20 heavy (non-hydrogen) atoms. The van der Waals surface area contributed by atoms with Gasteiger partial charge in [0.05, 0.1) is 13.5 Å². The van der Waals surface area contributed by atoms with Crippen molar-refractivity contribution in [1.82, 2.24) is 9.88 Å². The Hall–Kier alpha value is -2.11. The second-order valence-electron chi connectivity index (χ2n) is 4.75. The lowest BCUT2D eigenvalue weighted by molar-refractivity contribution is -0.137. The lowest BCUT2D eigenvalue weighted by Gasteiger charge is -2.26. The van der Waals surface area contributed by atoms with Crippen LogP contribution < -0.4 is 4.74 Å². The van der Waals surface area contributed by atoms with E-state index in [0.29, 0.717) is 5.56 Å². The van der Waals surface area contributed by atoms with Gasteiger partial charge in [0.1, 0.15) is 5.56 Å². The highest BCUT2D eigenvalue weighted by Crippen LogP contribution is 2.19. The minimum Gasteiger partial charge on any atom is -0.481 e. The number of carboxylic acids is 1. The summed E-state index contributed by atoms with van der Waals surface area (Å²) in [6, 6.07) is 3.28. The Labute approximate surface area is 118 Å². The first-order valence-electron chi connectivity index (χ1n) is 6.41. The quantitative estimate of drug-likeness (QED) is 0.858. The van der Waals surface area contributed by atoms with E-state index in [1.165, 1.54) is 12.0 Å². The number of amides is 1. The molecule has 110 valence electrons. The maximum absolute atomic E-state index is 12.5. The fourth-order valence-electron chi connectivity index (χ4n) is 1.82. The van der Waals surface area contributed by atoms with Gasteiger partial charge < -0.3 is 14.7 Å². The number of carboxylic acid groups (broad SMARTS) is 1. The number of aromatic nitrogens is 1. The topological polar surface area (TPSA) is 79.7 Å². The molecule has 0 aliphatic carbocycles. The van der Waals surface area contributed by atoms with E-state index in [4.69, 9.17) is 9.84 Å². The molecule has 6 heteroatoms. The molecule has 0 radical (unpaired) electrons. The van der Waals surface area contributed by atoms with Gasteiger partial charge in [-0.2, -0.15) is 0 Å². The van der Waals surface area contributed by atoms with Gasteiger partial charge in [0.15, 0.2) is 0 Å². The molecule has 1 rings (SSSR count). The standard InChI is InChI=1S/C14H20N2O4/c1-9(2)16(8-7-12(17)18)14(19)11-6-5-10(3)15-13(11)20-4/h5-6,9H,7-8H2,1-4H3,(H,17,18). The Morgan fingerprint density at radius 2 is 2.05 bits per heavy atom. The van der Waals surface area contributed by atoms with Crippen LogP contribution in [-0.4, -0.2) is 46.6 Å². The van der Waals surface area contributed by atoms with Gasteiger partial charge in [0.25, 0.3) is 5.91 Å². The average molecular weight is 280 g/mol. The van der Waals surface area contributed by atoms with Gasteiger partial charge >= 0.3 is 5.97 Å². The first kappa shape index (κ1) is 15.9. The third-order valence-corrected chi connectivity index (χ3v) is 2.87. The van der Waals surface area contributed by atoms with E-state index in [9.17, 15) is 9.59 Å². The minimum absolute atomic E-state index is 0.0917. The summed E-state index contributed by atoms with van der Waals surface area (Å²) >= 11 is 0. The van der Waals surface area contributed by atoms with Crippen LogP contribution in [0.4, 0.5) is 0 Å². The van der Waals surface area contributed by atoms with Crippen LogP contribution >= 0.6 is 0 Å². The number of aryl methyl sites for hydroxylation is 1. The van der Waals surface area contributed by atoms with Crippen LogP contribution in [0.5, 0.6) is 5.88 Å². The van der Waals surface area contributed by atoms with E-state index in [1.54, 1.807) is 19.1 Å². The first-order valence-corrected chi connectivity index (χ1v) is 6.41. The van der Waals surface area contributed by atoms with Crippen LogP contribution in [0.3, 0.4) is 0 Å². The predicted octanol–water partition coefficient (Wildman–Crippen LogP) is 1.72. The molecule has 0 aliphatic heterocycles. The lowest BCUT2D eigenvalue weighted by atomic mass is 10.1. The molecule has 0 bridgehead atoms. The highest BCUT2D eigenvalue weighted by Gasteiger charge is 2.23. The summed E-state index contributed by atoms with van der Waals surface area (Å²) in [5, 5.41) is 8.76. The van der Waals surface area contributed by atoms with E-state index in [0.717, 1.165) is 5.69 Å². The first-order chi connectivity index (χ1) is 9.36. The maximum Gasteiger partial charge on any atom is 0.305 e. The molecule has 1 aromatic rings. The molecule has 1 N–H and O–H groups in total. The minimum atomic E-state index is -0.933. The van der Waals surface area contributed by atoms with Crippen molar-refractivity contribution >= 4 is 11.9 Å². The molecule has 1 aromatic heterocycles. The normalized spacial score (nSPS) is 10.4. The molecule has 1 heterocycles. The van der Waals surface area contributed by atoms with Crippen molar-refractivity contribution in [2.75, 3.05) is 13.7 Å². The Kier molecular flexibility index (Phi) is 5.49. The van der Waals surface area contributed by atoms with Gasteiger partial charge in [-0.15, -0.1) is 0 Å². The van der Waals surface area contributed by atoms with Crippen LogP contribution in [0.1, 0.15) is 36.3 Å². The number of methoxy groups -OCH3 is 1. The highest BCUT2D eigenvalue weighted by molar-refractivity contribution is 5.96. The van der Waals surface area contributed by atoms with E-state index in [1.807, 2.05) is 13.8 Å². The summed E-state index contributed by atoms with van der Waals surface area (Å²) in [5.41, 5.74) is 1.09. The van der Waals surface area contributed by atoms with Crippen molar-refractivity contribution in [2.24, 2.45) is 0 Å². The maximum atomic E-state index is 12.5. The zero-order valence-electron chi connectivity index (χ0n) is 12.2. The fraction of sp³-hybridized carbons (Fsp3) is 0.500. The van der Waals surface area contributed by atoms with E-state index in [2.05, 4.69) is 4.98 Å². The van der Waals surface area contributed by atoms with Crippen LogP contribution in [0.15, 0.2) is 12.1 Å². The van der Waals surface area contributed by atoms with Crippen LogP contribution in [0, 0.1) is 6.92 Å². The van der Waals surface area contributed by atoms with Crippen molar-refractivity contribution in [3.8, 4) is 5.88 Å². The fourth-order valence-corrected chi connectivity index (χ4v) is 1.82. The molecule has 6 nitrogen and oxygen atoms in total. The van der Waals surface area contributed by atoms with Crippen molar-refractivity contribution in [2.45, 2.75) is 33.2 Å². The number of hydrogen-bond donors (Lipinski definition) is 1. The predicted molar refractivity (Wildman–Crippen MR) is 74.0 cm³/mol. The number of carbonyl (C=O) groups is 2. The lowest BCUT2D eigenvalue weighted by Crippen LogP contribution is -2.38. The van der Waals surface area contributed by atoms with Gasteiger partial charge in [0, 0.05) is 18.3 Å². The number of aliphatic carboxylic acids is 1. The average Bonchev–Trinajstić information content (AvgIpc) is 2.37. The molecular weight excluding hydrogens is 260 g/mol. The number of nitrogens with zero attached hydrogens (tertiary/aromatic N) is 2. The van der Waals surface area contributed by atoms with Gasteiger partial charge in [-0.1, -0.05) is 0 Å². The summed E-state index contributed by atoms with van der Waals surface area (Å²) in [5.74, 6) is -0.945. The van der Waals surface area contributed by atoms with E-state index < -0.39 is 5.97 Å². The molecule has 0 atom stereocenters. The molecule has 0 fully saturated rings. The monoisotopic (exact) mass is 280 g/mol. The largest absolute Gasteiger partial charge is 0.481 e. The highest BCUT2D eigenvalue weighted by atomic mass is 16.5. The third kappa shape index (κ3) is 3.94.